The molecule has 0 fully saturated rings. The molecule has 1 atom stereocenters. The number of aliphatic hydroxyl groups excluding tert-OH is 1. The third-order valence-corrected chi connectivity index (χ3v) is 1.97. The van der Waals surface area contributed by atoms with E-state index in [1.807, 2.05) is 27.7 Å². The lowest BCUT2D eigenvalue weighted by Crippen LogP contribution is -2.47. The van der Waals surface area contributed by atoms with Gasteiger partial charge in [0.1, 0.15) is 0 Å². The van der Waals surface area contributed by atoms with Gasteiger partial charge in [0, 0.05) is 6.08 Å². The van der Waals surface area contributed by atoms with Gasteiger partial charge in [-0.2, -0.15) is 0 Å². The van der Waals surface area contributed by atoms with Gasteiger partial charge >= 0.3 is 0 Å². The summed E-state index contributed by atoms with van der Waals surface area (Å²) in [6.07, 6.45) is 2.25. The van der Waals surface area contributed by atoms with Crippen LogP contribution in [0.5, 0.6) is 0 Å². The average molecular weight is 185 g/mol. The Morgan fingerprint density at radius 2 is 2.08 bits per heavy atom. The molecule has 1 amide bonds. The minimum atomic E-state index is -0.497. The van der Waals surface area contributed by atoms with Crippen LogP contribution in [0.4, 0.5) is 0 Å². The van der Waals surface area contributed by atoms with E-state index in [1.165, 1.54) is 6.08 Å². The fourth-order valence-corrected chi connectivity index (χ4v) is 0.835. The summed E-state index contributed by atoms with van der Waals surface area (Å²) in [6, 6.07) is 0. The molecule has 0 rings (SSSR count). The minimum Gasteiger partial charge on any atom is -0.394 e. The molecule has 0 aliphatic rings. The number of allylic oxidation sites excluding steroid dienone is 1. The summed E-state index contributed by atoms with van der Waals surface area (Å²) in [7, 11) is 0. The van der Waals surface area contributed by atoms with Crippen molar-refractivity contribution < 1.29 is 9.90 Å². The number of hydrogen-bond acceptors (Lipinski definition) is 2. The van der Waals surface area contributed by atoms with Gasteiger partial charge in [-0.3, -0.25) is 4.79 Å². The van der Waals surface area contributed by atoms with Gasteiger partial charge in [0.05, 0.1) is 12.1 Å². The fraction of sp³-hybridized carbons (Fsp3) is 0.700. The second-order valence-electron chi connectivity index (χ2n) is 3.78. The van der Waals surface area contributed by atoms with Crippen LogP contribution in [-0.2, 0) is 4.79 Å². The molecule has 1 unspecified atom stereocenters. The monoisotopic (exact) mass is 185 g/mol. The molecule has 0 heterocycles. The van der Waals surface area contributed by atoms with E-state index in [-0.39, 0.29) is 12.5 Å². The van der Waals surface area contributed by atoms with Crippen LogP contribution in [0.15, 0.2) is 11.6 Å². The molecule has 3 heteroatoms. The first kappa shape index (κ1) is 12.2. The Hall–Kier alpha value is -0.830. The Bertz CT molecular complexity index is 201. The van der Waals surface area contributed by atoms with Gasteiger partial charge in [0.15, 0.2) is 0 Å². The second-order valence-corrected chi connectivity index (χ2v) is 3.78. The van der Waals surface area contributed by atoms with Crippen molar-refractivity contribution in [1.82, 2.24) is 5.32 Å². The Labute approximate surface area is 79.8 Å². The normalized spacial score (nSPS) is 14.5. The number of amides is 1. The van der Waals surface area contributed by atoms with Crippen LogP contribution in [0.2, 0.25) is 0 Å². The maximum Gasteiger partial charge on any atom is 0.244 e. The zero-order chi connectivity index (χ0) is 10.5. The van der Waals surface area contributed by atoms with Gasteiger partial charge < -0.3 is 10.4 Å². The highest BCUT2D eigenvalue weighted by molar-refractivity contribution is 5.88. The number of hydrogen-bond donors (Lipinski definition) is 2. The third kappa shape index (κ3) is 4.68. The van der Waals surface area contributed by atoms with Crippen molar-refractivity contribution in [1.29, 1.82) is 0 Å². The van der Waals surface area contributed by atoms with Crippen LogP contribution in [-0.4, -0.2) is 23.2 Å². The zero-order valence-corrected chi connectivity index (χ0v) is 8.85. The Morgan fingerprint density at radius 3 is 2.38 bits per heavy atom. The predicted octanol–water partition coefficient (Wildman–Crippen LogP) is 1.23. The lowest BCUT2D eigenvalue weighted by atomic mass is 10.0. The average Bonchev–Trinajstić information content (AvgIpc) is 2.02. The summed E-state index contributed by atoms with van der Waals surface area (Å²) in [5, 5.41) is 11.8. The van der Waals surface area contributed by atoms with Crippen molar-refractivity contribution in [2.45, 2.75) is 39.7 Å². The van der Waals surface area contributed by atoms with E-state index in [0.29, 0.717) is 6.42 Å². The van der Waals surface area contributed by atoms with Crippen molar-refractivity contribution in [2.75, 3.05) is 6.61 Å². The molecule has 0 aliphatic carbocycles. The maximum absolute atomic E-state index is 11.3. The van der Waals surface area contributed by atoms with Crippen LogP contribution >= 0.6 is 0 Å². The molecule has 2 N–H and O–H groups in total. The highest BCUT2D eigenvalue weighted by Gasteiger charge is 2.21. The van der Waals surface area contributed by atoms with Crippen molar-refractivity contribution in [3.63, 3.8) is 0 Å². The van der Waals surface area contributed by atoms with Crippen LogP contribution in [0.25, 0.3) is 0 Å². The molecule has 0 aromatic rings. The molecule has 0 saturated carbocycles. The Balaban J connectivity index is 4.26. The highest BCUT2D eigenvalue weighted by Crippen LogP contribution is 2.07. The molecule has 3 nitrogen and oxygen atoms in total. The second kappa shape index (κ2) is 5.02. The first-order valence-corrected chi connectivity index (χ1v) is 4.51. The van der Waals surface area contributed by atoms with Gasteiger partial charge in [-0.25, -0.2) is 0 Å². The van der Waals surface area contributed by atoms with E-state index in [4.69, 9.17) is 5.11 Å². The summed E-state index contributed by atoms with van der Waals surface area (Å²) < 4.78 is 0. The Morgan fingerprint density at radius 1 is 1.54 bits per heavy atom. The fourth-order valence-electron chi connectivity index (χ4n) is 0.835. The number of nitrogens with one attached hydrogen (secondary N) is 1. The van der Waals surface area contributed by atoms with E-state index in [2.05, 4.69) is 5.32 Å². The number of aliphatic hydroxyl groups is 1. The quantitative estimate of drug-likeness (QED) is 0.647. The molecule has 0 aromatic heterocycles. The van der Waals surface area contributed by atoms with Crippen LogP contribution in [0.1, 0.15) is 34.1 Å². The molecule has 0 saturated heterocycles. The van der Waals surface area contributed by atoms with Crippen LogP contribution in [0, 0.1) is 0 Å². The lowest BCUT2D eigenvalue weighted by Gasteiger charge is -2.26. The summed E-state index contributed by atoms with van der Waals surface area (Å²) in [5.74, 6) is -0.140. The Kier molecular flexibility index (Phi) is 4.70. The minimum absolute atomic E-state index is 0.0359. The smallest absolute Gasteiger partial charge is 0.244 e. The van der Waals surface area contributed by atoms with Gasteiger partial charge in [0.25, 0.3) is 0 Å². The number of carbonyl (C=O) groups excluding carboxylic acids is 1. The summed E-state index contributed by atoms with van der Waals surface area (Å²) >= 11 is 0. The number of carbonyl (C=O) groups is 1. The molecule has 0 aliphatic heterocycles. The van der Waals surface area contributed by atoms with Crippen LogP contribution in [0.3, 0.4) is 0 Å². The van der Waals surface area contributed by atoms with E-state index in [1.54, 1.807) is 0 Å². The molecule has 13 heavy (non-hydrogen) atoms. The lowest BCUT2D eigenvalue weighted by molar-refractivity contribution is -0.118. The van der Waals surface area contributed by atoms with Gasteiger partial charge in [-0.15, -0.1) is 0 Å². The molecule has 0 bridgehead atoms. The SMILES string of the molecule is CCC(C)(CO)NC(=O)C=C(C)C. The van der Waals surface area contributed by atoms with E-state index in [0.717, 1.165) is 5.57 Å². The van der Waals surface area contributed by atoms with Crippen LogP contribution < -0.4 is 5.32 Å². The largest absolute Gasteiger partial charge is 0.394 e. The zero-order valence-electron chi connectivity index (χ0n) is 8.85. The molecule has 76 valence electrons. The molecule has 0 radical (unpaired) electrons. The summed E-state index contributed by atoms with van der Waals surface area (Å²) in [4.78, 5) is 11.3. The predicted molar refractivity (Wildman–Crippen MR) is 53.4 cm³/mol. The summed E-state index contributed by atoms with van der Waals surface area (Å²) in [6.45, 7) is 7.44. The third-order valence-electron chi connectivity index (χ3n) is 1.97. The van der Waals surface area contributed by atoms with Crippen molar-refractivity contribution in [3.8, 4) is 0 Å². The van der Waals surface area contributed by atoms with Gasteiger partial charge in [0.2, 0.25) is 5.91 Å². The van der Waals surface area contributed by atoms with Gasteiger partial charge in [-0.05, 0) is 27.2 Å². The molecular weight excluding hydrogens is 166 g/mol. The van der Waals surface area contributed by atoms with Crippen molar-refractivity contribution in [3.05, 3.63) is 11.6 Å². The van der Waals surface area contributed by atoms with Gasteiger partial charge in [-0.1, -0.05) is 12.5 Å². The molecular formula is C10H19NO2. The highest BCUT2D eigenvalue weighted by atomic mass is 16.3. The topological polar surface area (TPSA) is 49.3 Å². The standard InChI is InChI=1S/C10H19NO2/c1-5-10(4,7-12)11-9(13)6-8(2)3/h6,12H,5,7H2,1-4H3,(H,11,13). The summed E-state index contributed by atoms with van der Waals surface area (Å²) in [5.41, 5.74) is 0.456. The first-order chi connectivity index (χ1) is 5.93. The number of rotatable bonds is 4. The first-order valence-electron chi connectivity index (χ1n) is 4.51. The van der Waals surface area contributed by atoms with E-state index in [9.17, 15) is 4.79 Å². The van der Waals surface area contributed by atoms with Crippen molar-refractivity contribution in [2.24, 2.45) is 0 Å². The maximum atomic E-state index is 11.3. The van der Waals surface area contributed by atoms with Crippen molar-refractivity contribution >= 4 is 5.91 Å². The molecule has 0 aromatic carbocycles. The van der Waals surface area contributed by atoms with E-state index < -0.39 is 5.54 Å². The molecule has 0 spiro atoms. The van der Waals surface area contributed by atoms with E-state index >= 15 is 0 Å².